The lowest BCUT2D eigenvalue weighted by Crippen LogP contribution is -2.26. The molecule has 1 heterocycles. The molecule has 1 unspecified atom stereocenters. The molecule has 1 N–H and O–H groups in total. The Morgan fingerprint density at radius 1 is 1.18 bits per heavy atom. The van der Waals surface area contributed by atoms with Gasteiger partial charge in [0.25, 0.3) is 10.0 Å². The van der Waals surface area contributed by atoms with Crippen LogP contribution in [0.25, 0.3) is 0 Å². The lowest BCUT2D eigenvalue weighted by Gasteiger charge is -2.20. The molecule has 3 rings (SSSR count). The molecular weight excluding hydrogens is 296 g/mol. The summed E-state index contributed by atoms with van der Waals surface area (Å²) in [6.07, 6.45) is 5.42. The molecule has 22 heavy (non-hydrogen) atoms. The summed E-state index contributed by atoms with van der Waals surface area (Å²) in [5.74, 6) is 2.50. The molecule has 4 nitrogen and oxygen atoms in total. The van der Waals surface area contributed by atoms with E-state index < -0.39 is 10.0 Å². The number of para-hydroxylation sites is 1. The summed E-state index contributed by atoms with van der Waals surface area (Å²) >= 11 is 0. The maximum atomic E-state index is 12.9. The van der Waals surface area contributed by atoms with Crippen molar-refractivity contribution in [3.05, 3.63) is 59.2 Å². The minimum Gasteiger partial charge on any atom is -0.309 e. The molecule has 5 heteroatoms. The zero-order chi connectivity index (χ0) is 15.9. The summed E-state index contributed by atoms with van der Waals surface area (Å²) in [6, 6.07) is 12.4. The first-order valence-corrected chi connectivity index (χ1v) is 8.30. The summed E-state index contributed by atoms with van der Waals surface area (Å²) in [7, 11) is -0.263. The molecule has 0 saturated heterocycles. The number of hydrogen-bond donors (Lipinski definition) is 1. The number of nitrogens with zero attached hydrogens (tertiary/aromatic N) is 1. The van der Waals surface area contributed by atoms with Crippen molar-refractivity contribution in [2.24, 2.45) is 0 Å². The van der Waals surface area contributed by atoms with Crippen molar-refractivity contribution in [3.63, 3.8) is 0 Å². The Bertz CT molecular complexity index is 882. The molecule has 0 spiro atoms. The smallest absolute Gasteiger partial charge is 0.264 e. The van der Waals surface area contributed by atoms with Crippen LogP contribution in [0.4, 0.5) is 5.69 Å². The lowest BCUT2D eigenvalue weighted by molar-refractivity contribution is 0.592. The first-order valence-electron chi connectivity index (χ1n) is 6.86. The molecule has 2 aromatic rings. The predicted molar refractivity (Wildman–Crippen MR) is 87.3 cm³/mol. The Morgan fingerprint density at radius 2 is 1.91 bits per heavy atom. The third kappa shape index (κ3) is 2.00. The topological polar surface area (TPSA) is 49.4 Å². The maximum absolute atomic E-state index is 12.9. The Hall–Kier alpha value is -2.29. The van der Waals surface area contributed by atoms with Gasteiger partial charge in [-0.25, -0.2) is 8.42 Å². The Kier molecular flexibility index (Phi) is 3.44. The molecule has 0 saturated carbocycles. The van der Waals surface area contributed by atoms with Gasteiger partial charge in [0.2, 0.25) is 0 Å². The van der Waals surface area contributed by atoms with Gasteiger partial charge in [-0.3, -0.25) is 4.31 Å². The summed E-state index contributed by atoms with van der Waals surface area (Å²) in [6.45, 7) is 0. The second-order valence-corrected chi connectivity index (χ2v) is 7.09. The van der Waals surface area contributed by atoms with E-state index in [1.807, 2.05) is 31.3 Å². The van der Waals surface area contributed by atoms with Gasteiger partial charge in [-0.1, -0.05) is 30.2 Å². The van der Waals surface area contributed by atoms with E-state index >= 15 is 0 Å². The zero-order valence-electron chi connectivity index (χ0n) is 12.4. The molecule has 0 aliphatic carbocycles. The minimum absolute atomic E-state index is 0.210. The average molecular weight is 312 g/mol. The van der Waals surface area contributed by atoms with Gasteiger partial charge < -0.3 is 5.32 Å². The molecule has 112 valence electrons. The highest BCUT2D eigenvalue weighted by Gasteiger charge is 2.34. The maximum Gasteiger partial charge on any atom is 0.264 e. The van der Waals surface area contributed by atoms with E-state index in [4.69, 9.17) is 6.42 Å². The molecular formula is C17H16N2O2S. The summed E-state index contributed by atoms with van der Waals surface area (Å²) in [5.41, 5.74) is 2.85. The number of rotatable bonds is 1. The standard InChI is InChI=1S/C17H16N2O2S/c1-4-12-9-10-14-16(11-12)22(20,21)19(3)15-8-6-5-7-13(15)17(14)18-2/h1,5-11,17-18H,2-3H3. The third-order valence-electron chi connectivity index (χ3n) is 4.01. The number of sulfonamides is 1. The number of nitrogens with one attached hydrogen (secondary N) is 1. The van der Waals surface area contributed by atoms with Crippen molar-refractivity contribution in [3.8, 4) is 12.3 Å². The highest BCUT2D eigenvalue weighted by atomic mass is 32.2. The zero-order valence-corrected chi connectivity index (χ0v) is 13.2. The number of hydrogen-bond acceptors (Lipinski definition) is 3. The minimum atomic E-state index is -3.65. The average Bonchev–Trinajstić information content (AvgIpc) is 2.61. The molecule has 0 radical (unpaired) electrons. The monoisotopic (exact) mass is 312 g/mol. The van der Waals surface area contributed by atoms with Crippen LogP contribution in [0.2, 0.25) is 0 Å². The SMILES string of the molecule is C#Cc1ccc2c(c1)S(=O)(=O)N(C)c1ccccc1C2NC. The summed E-state index contributed by atoms with van der Waals surface area (Å²) in [5, 5.41) is 3.21. The van der Waals surface area contributed by atoms with Gasteiger partial charge in [0.1, 0.15) is 0 Å². The van der Waals surface area contributed by atoms with Crippen LogP contribution in [0.1, 0.15) is 22.7 Å². The Morgan fingerprint density at radius 3 is 2.59 bits per heavy atom. The molecule has 1 atom stereocenters. The number of fused-ring (bicyclic) bond motifs is 2. The van der Waals surface area contributed by atoms with Gasteiger partial charge in [0.15, 0.2) is 0 Å². The van der Waals surface area contributed by atoms with Crippen molar-refractivity contribution < 1.29 is 8.42 Å². The number of anilines is 1. The van der Waals surface area contributed by atoms with Gasteiger partial charge >= 0.3 is 0 Å². The van der Waals surface area contributed by atoms with Gasteiger partial charge in [-0.05, 0) is 36.4 Å². The van der Waals surface area contributed by atoms with Crippen LogP contribution in [0.3, 0.4) is 0 Å². The fourth-order valence-corrected chi connectivity index (χ4v) is 4.34. The van der Waals surface area contributed by atoms with Crippen molar-refractivity contribution in [1.82, 2.24) is 5.32 Å². The molecule has 2 aromatic carbocycles. The van der Waals surface area contributed by atoms with Crippen LogP contribution in [-0.4, -0.2) is 22.5 Å². The van der Waals surface area contributed by atoms with E-state index in [-0.39, 0.29) is 10.9 Å². The van der Waals surface area contributed by atoms with Crippen molar-refractivity contribution in [2.45, 2.75) is 10.9 Å². The fourth-order valence-electron chi connectivity index (χ4n) is 2.86. The quantitative estimate of drug-likeness (QED) is 0.821. The van der Waals surface area contributed by atoms with Crippen LogP contribution in [0.5, 0.6) is 0 Å². The van der Waals surface area contributed by atoms with Crippen LogP contribution >= 0.6 is 0 Å². The van der Waals surface area contributed by atoms with Gasteiger partial charge in [-0.15, -0.1) is 6.42 Å². The molecule has 0 amide bonds. The van der Waals surface area contributed by atoms with E-state index in [2.05, 4.69) is 11.2 Å². The molecule has 1 aliphatic heterocycles. The summed E-state index contributed by atoms with van der Waals surface area (Å²) in [4.78, 5) is 0.251. The van der Waals surface area contributed by atoms with Crippen molar-refractivity contribution in [1.29, 1.82) is 0 Å². The largest absolute Gasteiger partial charge is 0.309 e. The second-order valence-electron chi connectivity index (χ2n) is 5.15. The highest BCUT2D eigenvalue weighted by molar-refractivity contribution is 7.92. The second kappa shape index (κ2) is 5.16. The normalized spacial score (nSPS) is 18.8. The molecule has 0 aromatic heterocycles. The molecule has 0 bridgehead atoms. The van der Waals surface area contributed by atoms with Crippen LogP contribution in [0.15, 0.2) is 47.4 Å². The predicted octanol–water partition coefficient (Wildman–Crippen LogP) is 2.12. The Labute approximate surface area is 130 Å². The van der Waals surface area contributed by atoms with Crippen LogP contribution in [-0.2, 0) is 10.0 Å². The van der Waals surface area contributed by atoms with Crippen LogP contribution in [0, 0.1) is 12.3 Å². The third-order valence-corrected chi connectivity index (χ3v) is 5.83. The van der Waals surface area contributed by atoms with E-state index in [1.54, 1.807) is 25.2 Å². The lowest BCUT2D eigenvalue weighted by atomic mass is 9.96. The first-order chi connectivity index (χ1) is 10.5. The van der Waals surface area contributed by atoms with Crippen molar-refractivity contribution in [2.75, 3.05) is 18.4 Å². The van der Waals surface area contributed by atoms with Gasteiger partial charge in [0, 0.05) is 12.6 Å². The van der Waals surface area contributed by atoms with Gasteiger partial charge in [0.05, 0.1) is 16.6 Å². The molecule has 1 aliphatic rings. The van der Waals surface area contributed by atoms with Crippen LogP contribution < -0.4 is 9.62 Å². The molecule has 0 fully saturated rings. The van der Waals surface area contributed by atoms with Gasteiger partial charge in [-0.2, -0.15) is 0 Å². The van der Waals surface area contributed by atoms with E-state index in [9.17, 15) is 8.42 Å². The number of terminal acetylenes is 1. The number of benzene rings is 2. The van der Waals surface area contributed by atoms with Crippen molar-refractivity contribution >= 4 is 15.7 Å². The van der Waals surface area contributed by atoms with E-state index in [1.165, 1.54) is 4.31 Å². The van der Waals surface area contributed by atoms with E-state index in [0.717, 1.165) is 5.56 Å². The Balaban J connectivity index is 2.41. The highest BCUT2D eigenvalue weighted by Crippen LogP contribution is 2.39. The summed E-state index contributed by atoms with van der Waals surface area (Å²) < 4.78 is 27.2. The first kappa shape index (κ1) is 14.6. The fraction of sp³-hybridized carbons (Fsp3) is 0.176. The van der Waals surface area contributed by atoms with E-state index in [0.29, 0.717) is 16.8 Å².